The summed E-state index contributed by atoms with van der Waals surface area (Å²) in [5.74, 6) is -0.368. The van der Waals surface area contributed by atoms with Crippen molar-refractivity contribution in [1.29, 1.82) is 0 Å². The molecule has 0 aliphatic carbocycles. The summed E-state index contributed by atoms with van der Waals surface area (Å²) >= 11 is 0. The summed E-state index contributed by atoms with van der Waals surface area (Å²) in [5.41, 5.74) is 0. The fourth-order valence-electron chi connectivity index (χ4n) is 6.05. The number of carbonyl (C=O) groups excluding carboxylic acids is 1. The van der Waals surface area contributed by atoms with Gasteiger partial charge in [0.15, 0.2) is 0 Å². The normalized spacial score (nSPS) is 14.8. The fourth-order valence-corrected chi connectivity index (χ4v) is 6.78. The van der Waals surface area contributed by atoms with E-state index in [1.807, 2.05) is 27.2 Å². The van der Waals surface area contributed by atoms with Crippen molar-refractivity contribution < 1.29 is 32.9 Å². The van der Waals surface area contributed by atoms with Crippen LogP contribution >= 0.6 is 7.82 Å². The second kappa shape index (κ2) is 35.4. The van der Waals surface area contributed by atoms with E-state index in [0.29, 0.717) is 11.0 Å². The molecule has 0 fully saturated rings. The number of hydrogen-bond donors (Lipinski definition) is 3. The van der Waals surface area contributed by atoms with Crippen LogP contribution in [0.1, 0.15) is 181 Å². The Morgan fingerprint density at radius 3 is 1.42 bits per heavy atom. The van der Waals surface area contributed by atoms with E-state index in [-0.39, 0.29) is 19.1 Å². The lowest BCUT2D eigenvalue weighted by atomic mass is 10.0. The molecule has 52 heavy (non-hydrogen) atoms. The number of likely N-dealkylation sites (N-methyl/N-ethyl adjacent to an activating group) is 1. The number of allylic oxidation sites excluding steroid dienone is 5. The van der Waals surface area contributed by atoms with Gasteiger partial charge in [0.2, 0.25) is 5.91 Å². The molecule has 1 amide bonds. The van der Waals surface area contributed by atoms with Crippen molar-refractivity contribution in [2.24, 2.45) is 0 Å². The van der Waals surface area contributed by atoms with Gasteiger partial charge in [-0.05, 0) is 38.5 Å². The van der Waals surface area contributed by atoms with Crippen LogP contribution in [0.5, 0.6) is 0 Å². The van der Waals surface area contributed by atoms with Crippen LogP contribution in [0.25, 0.3) is 0 Å². The maximum Gasteiger partial charge on any atom is 0.472 e. The van der Waals surface area contributed by atoms with Gasteiger partial charge in [0.05, 0.1) is 39.9 Å². The summed E-state index contributed by atoms with van der Waals surface area (Å²) < 4.78 is 22.8. The zero-order valence-corrected chi connectivity index (χ0v) is 35.4. The summed E-state index contributed by atoms with van der Waals surface area (Å²) in [6, 6.07) is -0.868. The second-order valence-electron chi connectivity index (χ2n) is 15.8. The van der Waals surface area contributed by atoms with Crippen LogP contribution in [0.2, 0.25) is 0 Å². The lowest BCUT2D eigenvalue weighted by molar-refractivity contribution is -0.870. The minimum atomic E-state index is -4.30. The Morgan fingerprint density at radius 1 is 0.635 bits per heavy atom. The van der Waals surface area contributed by atoms with Gasteiger partial charge in [-0.25, -0.2) is 4.57 Å². The molecule has 0 rings (SSSR count). The molecule has 0 radical (unpaired) electrons. The molecule has 3 unspecified atom stereocenters. The Hall–Kier alpha value is -1.28. The van der Waals surface area contributed by atoms with Crippen LogP contribution in [0.15, 0.2) is 36.5 Å². The number of unbranched alkanes of at least 4 members (excludes halogenated alkanes) is 23. The first kappa shape index (κ1) is 50.7. The van der Waals surface area contributed by atoms with E-state index >= 15 is 0 Å². The topological polar surface area (TPSA) is 105 Å². The van der Waals surface area contributed by atoms with E-state index in [0.717, 1.165) is 25.7 Å². The molecule has 0 saturated carbocycles. The molecule has 0 aromatic rings. The highest BCUT2D eigenvalue weighted by Crippen LogP contribution is 2.43. The molecule has 3 atom stereocenters. The number of aliphatic hydroxyl groups excluding tert-OH is 1. The van der Waals surface area contributed by atoms with Gasteiger partial charge in [0, 0.05) is 6.92 Å². The Bertz CT molecular complexity index is 948. The van der Waals surface area contributed by atoms with Crippen molar-refractivity contribution in [3.8, 4) is 0 Å². The fraction of sp³-hybridized carbons (Fsp3) is 0.837. The molecule has 0 aromatic heterocycles. The quantitative estimate of drug-likeness (QED) is 0.0251. The maximum atomic E-state index is 12.2. The average Bonchev–Trinajstić information content (AvgIpc) is 3.08. The first-order valence-corrected chi connectivity index (χ1v) is 22.8. The highest BCUT2D eigenvalue weighted by atomic mass is 31.2. The maximum absolute atomic E-state index is 12.2. The highest BCUT2D eigenvalue weighted by molar-refractivity contribution is 7.47. The SMILES string of the molecule is CCCCCCCCCCCCCCCCCCCCCCC/C=C/CC/C=C/CC/C=C/C(O)C(COP(=O)(O)OCC[N+](C)(C)C)NC(C)=O. The van der Waals surface area contributed by atoms with Gasteiger partial charge in [0.25, 0.3) is 0 Å². The zero-order valence-electron chi connectivity index (χ0n) is 34.5. The lowest BCUT2D eigenvalue weighted by Gasteiger charge is -2.25. The molecule has 0 saturated heterocycles. The number of amides is 1. The van der Waals surface area contributed by atoms with Crippen molar-refractivity contribution in [1.82, 2.24) is 5.32 Å². The number of hydrogen-bond acceptors (Lipinski definition) is 5. The number of carbonyl (C=O) groups is 1. The summed E-state index contributed by atoms with van der Waals surface area (Å²) in [7, 11) is 1.53. The van der Waals surface area contributed by atoms with Gasteiger partial charge in [-0.1, -0.05) is 172 Å². The van der Waals surface area contributed by atoms with Gasteiger partial charge in [-0.3, -0.25) is 13.8 Å². The van der Waals surface area contributed by atoms with E-state index in [4.69, 9.17) is 9.05 Å². The third-order valence-electron chi connectivity index (χ3n) is 9.38. The van der Waals surface area contributed by atoms with E-state index in [9.17, 15) is 19.4 Å². The standard InChI is InChI=1S/C43H83N2O6P/c1-6-7-8-9-10-11-12-13-14-15-16-17-18-19-20-21-22-23-24-25-26-27-28-29-30-31-32-33-34-35-36-37-43(47)42(44-41(2)46)40-51-52(48,49)50-39-38-45(3,4)5/h28-29,32-33,36-37,42-43,47H,6-27,30-31,34-35,38-40H2,1-5H3,(H-,44,46,48,49)/p+1/b29-28+,33-32+,37-36+. The monoisotopic (exact) mass is 756 g/mol. The third kappa shape index (κ3) is 38.4. The van der Waals surface area contributed by atoms with E-state index in [1.54, 1.807) is 6.08 Å². The first-order valence-electron chi connectivity index (χ1n) is 21.3. The molecule has 306 valence electrons. The molecule has 9 heteroatoms. The second-order valence-corrected chi connectivity index (χ2v) is 17.2. The van der Waals surface area contributed by atoms with Crippen molar-refractivity contribution in [3.63, 3.8) is 0 Å². The minimum absolute atomic E-state index is 0.0496. The van der Waals surface area contributed by atoms with E-state index < -0.39 is 20.0 Å². The first-order chi connectivity index (χ1) is 25.0. The van der Waals surface area contributed by atoms with Crippen LogP contribution in [0.3, 0.4) is 0 Å². The van der Waals surface area contributed by atoms with E-state index in [2.05, 4.69) is 36.5 Å². The molecular weight excluding hydrogens is 671 g/mol. The smallest absolute Gasteiger partial charge is 0.387 e. The summed E-state index contributed by atoms with van der Waals surface area (Å²) in [5, 5.41) is 13.1. The number of nitrogens with one attached hydrogen (secondary N) is 1. The van der Waals surface area contributed by atoms with Gasteiger partial charge in [-0.2, -0.15) is 0 Å². The minimum Gasteiger partial charge on any atom is -0.387 e. The van der Waals surface area contributed by atoms with E-state index in [1.165, 1.54) is 148 Å². The number of phosphoric acid groups is 1. The van der Waals surface area contributed by atoms with Gasteiger partial charge in [-0.15, -0.1) is 0 Å². The Balaban J connectivity index is 3.71. The number of quaternary nitrogens is 1. The molecule has 0 aliphatic heterocycles. The van der Waals surface area contributed by atoms with Crippen molar-refractivity contribution in [3.05, 3.63) is 36.5 Å². The van der Waals surface area contributed by atoms with Crippen LogP contribution in [-0.2, 0) is 18.4 Å². The van der Waals surface area contributed by atoms with Crippen LogP contribution in [0.4, 0.5) is 0 Å². The average molecular weight is 756 g/mol. The summed E-state index contributed by atoms with van der Waals surface area (Å²) in [4.78, 5) is 21.6. The molecule has 0 heterocycles. The van der Waals surface area contributed by atoms with Crippen molar-refractivity contribution in [2.45, 2.75) is 193 Å². The molecule has 3 N–H and O–H groups in total. The number of rotatable bonds is 38. The van der Waals surface area contributed by atoms with Gasteiger partial charge in [0.1, 0.15) is 13.2 Å². The van der Waals surface area contributed by atoms with Crippen molar-refractivity contribution >= 4 is 13.7 Å². The summed E-state index contributed by atoms with van der Waals surface area (Å²) in [6.07, 6.45) is 46.0. The Morgan fingerprint density at radius 2 is 1.02 bits per heavy atom. The van der Waals surface area contributed by atoms with Gasteiger partial charge < -0.3 is 19.8 Å². The zero-order chi connectivity index (χ0) is 38.6. The van der Waals surface area contributed by atoms with Crippen LogP contribution in [0, 0.1) is 0 Å². The predicted molar refractivity (Wildman–Crippen MR) is 221 cm³/mol. The van der Waals surface area contributed by atoms with Crippen LogP contribution in [-0.4, -0.2) is 73.4 Å². The molecule has 0 aliphatic rings. The highest BCUT2D eigenvalue weighted by Gasteiger charge is 2.27. The Labute approximate surface area is 321 Å². The van der Waals surface area contributed by atoms with Crippen LogP contribution < -0.4 is 5.32 Å². The molecular formula is C43H84N2O6P+. The predicted octanol–water partition coefficient (Wildman–Crippen LogP) is 11.5. The number of phosphoric ester groups is 1. The molecule has 8 nitrogen and oxygen atoms in total. The number of aliphatic hydroxyl groups is 1. The molecule has 0 aromatic carbocycles. The Kier molecular flexibility index (Phi) is 34.6. The number of nitrogens with zero attached hydrogens (tertiary/aromatic N) is 1. The van der Waals surface area contributed by atoms with Gasteiger partial charge >= 0.3 is 7.82 Å². The lowest BCUT2D eigenvalue weighted by Crippen LogP contribution is -2.44. The molecule has 0 bridgehead atoms. The summed E-state index contributed by atoms with van der Waals surface area (Å²) in [6.45, 7) is 3.84. The van der Waals surface area contributed by atoms with Crippen molar-refractivity contribution in [2.75, 3.05) is 40.9 Å². The third-order valence-corrected chi connectivity index (χ3v) is 10.4. The molecule has 0 spiro atoms. The largest absolute Gasteiger partial charge is 0.472 e.